The van der Waals surface area contributed by atoms with E-state index in [-0.39, 0.29) is 6.04 Å². The molecule has 0 saturated heterocycles. The molecule has 4 nitrogen and oxygen atoms in total. The van der Waals surface area contributed by atoms with Gasteiger partial charge in [-0.05, 0) is 73.2 Å². The van der Waals surface area contributed by atoms with E-state index in [1.54, 1.807) is 0 Å². The third-order valence-electron chi connectivity index (χ3n) is 4.49. The zero-order chi connectivity index (χ0) is 18.5. The summed E-state index contributed by atoms with van der Waals surface area (Å²) in [7, 11) is 0. The number of aryl methyl sites for hydroxylation is 4. The van der Waals surface area contributed by atoms with Gasteiger partial charge in [-0.1, -0.05) is 24.3 Å². The van der Waals surface area contributed by atoms with Crippen LogP contribution < -0.4 is 11.5 Å². The first-order valence-corrected chi connectivity index (χ1v) is 8.98. The Morgan fingerprint density at radius 2 is 1.73 bits per heavy atom. The van der Waals surface area contributed by atoms with Crippen LogP contribution >= 0.6 is 0 Å². The van der Waals surface area contributed by atoms with Gasteiger partial charge in [0, 0.05) is 30.0 Å². The Kier molecular flexibility index (Phi) is 5.64. The first-order chi connectivity index (χ1) is 12.5. The van der Waals surface area contributed by atoms with Gasteiger partial charge in [-0.15, -0.1) is 0 Å². The van der Waals surface area contributed by atoms with E-state index >= 15 is 0 Å². The van der Waals surface area contributed by atoms with Crippen LogP contribution in [0.2, 0.25) is 0 Å². The summed E-state index contributed by atoms with van der Waals surface area (Å²) in [6, 6.07) is 16.5. The van der Waals surface area contributed by atoms with Crippen molar-refractivity contribution in [1.29, 1.82) is 0 Å². The van der Waals surface area contributed by atoms with E-state index in [0.29, 0.717) is 12.2 Å². The molecule has 0 radical (unpaired) electrons. The van der Waals surface area contributed by atoms with Crippen LogP contribution in [0.15, 0.2) is 54.7 Å². The van der Waals surface area contributed by atoms with Gasteiger partial charge in [0.25, 0.3) is 0 Å². The molecule has 0 aliphatic carbocycles. The van der Waals surface area contributed by atoms with Crippen molar-refractivity contribution in [3.05, 3.63) is 88.4 Å². The van der Waals surface area contributed by atoms with Crippen LogP contribution in [0, 0.1) is 13.8 Å². The summed E-state index contributed by atoms with van der Waals surface area (Å²) in [5, 5.41) is 0. The van der Waals surface area contributed by atoms with Gasteiger partial charge >= 0.3 is 0 Å². The summed E-state index contributed by atoms with van der Waals surface area (Å²) in [4.78, 5) is 8.84. The highest BCUT2D eigenvalue weighted by Gasteiger charge is 2.10. The van der Waals surface area contributed by atoms with Crippen LogP contribution in [-0.4, -0.2) is 9.97 Å². The summed E-state index contributed by atoms with van der Waals surface area (Å²) in [5.41, 5.74) is 19.1. The Hall–Kier alpha value is -2.72. The van der Waals surface area contributed by atoms with Gasteiger partial charge in [0.15, 0.2) is 0 Å². The largest absolute Gasteiger partial charge is 0.384 e. The highest BCUT2D eigenvalue weighted by Crippen LogP contribution is 2.19. The van der Waals surface area contributed by atoms with Gasteiger partial charge in [0.1, 0.15) is 5.82 Å². The number of benzene rings is 1. The minimum absolute atomic E-state index is 0.0965. The molecule has 26 heavy (non-hydrogen) atoms. The molecule has 3 rings (SSSR count). The highest BCUT2D eigenvalue weighted by molar-refractivity contribution is 5.35. The molecule has 0 bridgehead atoms. The first kappa shape index (κ1) is 18.1. The van der Waals surface area contributed by atoms with Crippen LogP contribution in [0.4, 0.5) is 5.82 Å². The van der Waals surface area contributed by atoms with Crippen molar-refractivity contribution in [2.75, 3.05) is 5.73 Å². The maximum absolute atomic E-state index is 6.43. The zero-order valence-electron chi connectivity index (χ0n) is 15.4. The second-order valence-corrected chi connectivity index (χ2v) is 6.94. The van der Waals surface area contributed by atoms with Gasteiger partial charge in [-0.3, -0.25) is 4.98 Å². The van der Waals surface area contributed by atoms with Crippen molar-refractivity contribution in [2.24, 2.45) is 5.73 Å². The average molecular weight is 346 g/mol. The molecule has 0 fully saturated rings. The average Bonchev–Trinajstić information content (AvgIpc) is 2.59. The van der Waals surface area contributed by atoms with Crippen molar-refractivity contribution < 1.29 is 0 Å². The summed E-state index contributed by atoms with van der Waals surface area (Å²) >= 11 is 0. The lowest BCUT2D eigenvalue weighted by Gasteiger charge is -2.14. The number of nitrogens with zero attached hydrogens (tertiary/aromatic N) is 2. The van der Waals surface area contributed by atoms with Crippen molar-refractivity contribution >= 4 is 5.82 Å². The number of hydrogen-bond donors (Lipinski definition) is 2. The Bertz CT molecular complexity index is 869. The summed E-state index contributed by atoms with van der Waals surface area (Å²) in [5.74, 6) is 0.548. The van der Waals surface area contributed by atoms with Crippen molar-refractivity contribution in [2.45, 2.75) is 39.2 Å². The molecular formula is C22H26N4. The number of nitrogen functional groups attached to an aromatic ring is 1. The summed E-state index contributed by atoms with van der Waals surface area (Å²) < 4.78 is 0. The van der Waals surface area contributed by atoms with E-state index in [0.717, 1.165) is 35.4 Å². The quantitative estimate of drug-likeness (QED) is 0.713. The van der Waals surface area contributed by atoms with Crippen LogP contribution in [0.5, 0.6) is 0 Å². The maximum atomic E-state index is 6.43. The molecule has 2 heterocycles. The van der Waals surface area contributed by atoms with Gasteiger partial charge in [-0.25, -0.2) is 4.98 Å². The predicted octanol–water partition coefficient (Wildman–Crippen LogP) is 3.70. The molecule has 0 spiro atoms. The van der Waals surface area contributed by atoms with Crippen molar-refractivity contribution in [3.8, 4) is 0 Å². The number of pyridine rings is 2. The zero-order valence-corrected chi connectivity index (χ0v) is 15.4. The Labute approximate surface area is 155 Å². The van der Waals surface area contributed by atoms with E-state index < -0.39 is 0 Å². The lowest BCUT2D eigenvalue weighted by atomic mass is 9.98. The van der Waals surface area contributed by atoms with Crippen molar-refractivity contribution in [1.82, 2.24) is 9.97 Å². The van der Waals surface area contributed by atoms with E-state index in [1.807, 2.05) is 31.3 Å². The van der Waals surface area contributed by atoms with Crippen LogP contribution in [0.25, 0.3) is 0 Å². The molecule has 4 N–H and O–H groups in total. The summed E-state index contributed by atoms with van der Waals surface area (Å²) in [6.07, 6.45) is 4.43. The van der Waals surface area contributed by atoms with Gasteiger partial charge < -0.3 is 11.5 Å². The molecule has 1 aromatic carbocycles. The molecule has 0 unspecified atom stereocenters. The first-order valence-electron chi connectivity index (χ1n) is 8.98. The molecular weight excluding hydrogens is 320 g/mol. The highest BCUT2D eigenvalue weighted by atomic mass is 14.8. The molecule has 134 valence electrons. The SMILES string of the molecule is Cc1ccnc(CCc2cccc([C@H](N)Cc3cc(C)cc(N)n3)c2)c1. The number of aromatic nitrogens is 2. The smallest absolute Gasteiger partial charge is 0.123 e. The fraction of sp³-hybridized carbons (Fsp3) is 0.273. The van der Waals surface area contributed by atoms with Crippen LogP contribution in [-0.2, 0) is 19.3 Å². The maximum Gasteiger partial charge on any atom is 0.123 e. The van der Waals surface area contributed by atoms with Gasteiger partial charge in [0.2, 0.25) is 0 Å². The third-order valence-corrected chi connectivity index (χ3v) is 4.49. The second-order valence-electron chi connectivity index (χ2n) is 6.94. The molecule has 3 aromatic rings. The minimum atomic E-state index is -0.0965. The van der Waals surface area contributed by atoms with Crippen molar-refractivity contribution in [3.63, 3.8) is 0 Å². The Morgan fingerprint density at radius 1 is 0.923 bits per heavy atom. The lowest BCUT2D eigenvalue weighted by Crippen LogP contribution is -2.15. The minimum Gasteiger partial charge on any atom is -0.384 e. The number of rotatable bonds is 6. The van der Waals surface area contributed by atoms with E-state index in [2.05, 4.69) is 47.2 Å². The number of anilines is 1. The molecule has 0 saturated carbocycles. The molecule has 1 atom stereocenters. The Morgan fingerprint density at radius 3 is 2.50 bits per heavy atom. The second kappa shape index (κ2) is 8.11. The predicted molar refractivity (Wildman–Crippen MR) is 107 cm³/mol. The molecule has 0 aliphatic rings. The van der Waals surface area contributed by atoms with E-state index in [4.69, 9.17) is 11.5 Å². The summed E-state index contributed by atoms with van der Waals surface area (Å²) in [6.45, 7) is 4.12. The van der Waals surface area contributed by atoms with E-state index in [1.165, 1.54) is 11.1 Å². The topological polar surface area (TPSA) is 77.8 Å². The third kappa shape index (κ3) is 4.90. The van der Waals surface area contributed by atoms with E-state index in [9.17, 15) is 0 Å². The molecule has 4 heteroatoms. The fourth-order valence-corrected chi connectivity index (χ4v) is 3.20. The fourth-order valence-electron chi connectivity index (χ4n) is 3.20. The van der Waals surface area contributed by atoms with Gasteiger partial charge in [0.05, 0.1) is 0 Å². The molecule has 0 amide bonds. The monoisotopic (exact) mass is 346 g/mol. The molecule has 2 aromatic heterocycles. The van der Waals surface area contributed by atoms with Gasteiger partial charge in [-0.2, -0.15) is 0 Å². The Balaban J connectivity index is 1.67. The number of nitrogens with two attached hydrogens (primary N) is 2. The molecule has 0 aliphatic heterocycles. The van der Waals surface area contributed by atoms with Crippen LogP contribution in [0.3, 0.4) is 0 Å². The van der Waals surface area contributed by atoms with Crippen LogP contribution in [0.1, 0.15) is 39.7 Å². The standard InChI is InChI=1S/C22H26N4/c1-15-8-9-25-19(10-15)7-6-17-4-3-5-18(13-17)21(23)14-20-11-16(2)12-22(24)26-20/h3-5,8-13,21H,6-7,14,23H2,1-2H3,(H2,24,26)/t21-/m1/s1. The lowest BCUT2D eigenvalue weighted by molar-refractivity contribution is 0.705. The number of hydrogen-bond acceptors (Lipinski definition) is 4. The normalized spacial score (nSPS) is 12.1.